The first-order chi connectivity index (χ1) is 10.6. The van der Waals surface area contributed by atoms with Crippen molar-refractivity contribution in [1.29, 1.82) is 0 Å². The van der Waals surface area contributed by atoms with Crippen molar-refractivity contribution in [3.63, 3.8) is 0 Å². The Kier molecular flexibility index (Phi) is 5.33. The van der Waals surface area contributed by atoms with Gasteiger partial charge in [0.2, 0.25) is 0 Å². The van der Waals surface area contributed by atoms with Crippen LogP contribution in [0.15, 0.2) is 60.7 Å². The number of ketones is 1. The molecule has 1 amide bonds. The van der Waals surface area contributed by atoms with Crippen molar-refractivity contribution >= 4 is 29.0 Å². The third-order valence-corrected chi connectivity index (χ3v) is 3.10. The maximum atomic E-state index is 12.0. The molecule has 0 heterocycles. The van der Waals surface area contributed by atoms with Crippen LogP contribution in [0.25, 0.3) is 5.70 Å². The topological polar surface area (TPSA) is 58.2 Å². The molecule has 2 rings (SSSR count). The fraction of sp³-hybridized carbons (Fsp3) is 0.0588. The van der Waals surface area contributed by atoms with E-state index >= 15 is 0 Å². The Morgan fingerprint density at radius 2 is 1.55 bits per heavy atom. The van der Waals surface area contributed by atoms with Crippen molar-refractivity contribution in [2.45, 2.75) is 6.92 Å². The number of amides is 1. The van der Waals surface area contributed by atoms with Crippen molar-refractivity contribution in [2.75, 3.05) is 0 Å². The van der Waals surface area contributed by atoms with E-state index in [1.54, 1.807) is 24.3 Å². The molecule has 5 heteroatoms. The van der Waals surface area contributed by atoms with Gasteiger partial charge in [0.25, 0.3) is 5.91 Å². The zero-order valence-electron chi connectivity index (χ0n) is 12.0. The summed E-state index contributed by atoms with van der Waals surface area (Å²) in [6, 6.07) is 15.8. The number of hydrogen-bond acceptors (Lipinski definition) is 3. The van der Waals surface area contributed by atoms with E-state index in [9.17, 15) is 9.59 Å². The predicted molar refractivity (Wildman–Crippen MR) is 87.2 cm³/mol. The Morgan fingerprint density at radius 3 is 2.14 bits per heavy atom. The van der Waals surface area contributed by atoms with Crippen LogP contribution < -0.4 is 10.9 Å². The summed E-state index contributed by atoms with van der Waals surface area (Å²) in [6.45, 7) is 1.45. The molecule has 2 aromatic carbocycles. The number of nitrogens with one attached hydrogen (secondary N) is 2. The molecule has 0 saturated carbocycles. The average molecular weight is 315 g/mol. The lowest BCUT2D eigenvalue weighted by Crippen LogP contribution is -2.36. The van der Waals surface area contributed by atoms with Crippen LogP contribution in [-0.4, -0.2) is 11.7 Å². The highest BCUT2D eigenvalue weighted by molar-refractivity contribution is 6.30. The van der Waals surface area contributed by atoms with Gasteiger partial charge in [0, 0.05) is 16.7 Å². The lowest BCUT2D eigenvalue weighted by molar-refractivity contribution is -0.112. The van der Waals surface area contributed by atoms with Gasteiger partial charge in [-0.05, 0) is 36.8 Å². The summed E-state index contributed by atoms with van der Waals surface area (Å²) in [5.41, 5.74) is 7.15. The molecule has 22 heavy (non-hydrogen) atoms. The zero-order chi connectivity index (χ0) is 15.9. The number of carbonyl (C=O) groups excluding carboxylic acids is 2. The van der Waals surface area contributed by atoms with Crippen LogP contribution in [0, 0.1) is 0 Å². The Hall–Kier alpha value is -2.59. The number of carbonyl (C=O) groups is 2. The summed E-state index contributed by atoms with van der Waals surface area (Å²) in [5.74, 6) is -0.436. The highest BCUT2D eigenvalue weighted by atomic mass is 35.5. The molecule has 0 unspecified atom stereocenters. The molecule has 2 N–H and O–H groups in total. The van der Waals surface area contributed by atoms with Crippen LogP contribution in [0.3, 0.4) is 0 Å². The summed E-state index contributed by atoms with van der Waals surface area (Å²) in [4.78, 5) is 23.4. The fourth-order valence-corrected chi connectivity index (χ4v) is 1.94. The molecule has 4 nitrogen and oxygen atoms in total. The van der Waals surface area contributed by atoms with Crippen molar-refractivity contribution in [2.24, 2.45) is 0 Å². The van der Waals surface area contributed by atoms with Gasteiger partial charge in [0.05, 0.1) is 5.70 Å². The number of rotatable bonds is 5. The van der Waals surface area contributed by atoms with Gasteiger partial charge in [-0.3, -0.25) is 20.4 Å². The minimum atomic E-state index is -0.318. The number of hydrazine groups is 1. The quantitative estimate of drug-likeness (QED) is 0.658. The second kappa shape index (κ2) is 7.43. The smallest absolute Gasteiger partial charge is 0.269 e. The molecule has 0 spiro atoms. The van der Waals surface area contributed by atoms with Gasteiger partial charge < -0.3 is 0 Å². The molecule has 0 bridgehead atoms. The van der Waals surface area contributed by atoms with E-state index in [1.165, 1.54) is 13.0 Å². The predicted octanol–water partition coefficient (Wildman–Crippen LogP) is 3.20. The first-order valence-corrected chi connectivity index (χ1v) is 7.03. The van der Waals surface area contributed by atoms with Gasteiger partial charge in [-0.25, -0.2) is 0 Å². The third-order valence-electron chi connectivity index (χ3n) is 2.85. The highest BCUT2D eigenvalue weighted by Gasteiger charge is 2.07. The standard InChI is InChI=1S/C17H15ClN2O2/c1-12(21)11-16(13-5-3-2-4-6-13)19-20-17(22)14-7-9-15(18)10-8-14/h2-11,19H,1H3,(H,20,22)/b16-11+. The van der Waals surface area contributed by atoms with Gasteiger partial charge >= 0.3 is 0 Å². The van der Waals surface area contributed by atoms with Crippen LogP contribution in [0.1, 0.15) is 22.8 Å². The second-order valence-corrected chi connectivity index (χ2v) is 5.06. The lowest BCUT2D eigenvalue weighted by atomic mass is 10.1. The normalized spacial score (nSPS) is 10.9. The molecule has 0 fully saturated rings. The minimum absolute atomic E-state index is 0.118. The Morgan fingerprint density at radius 1 is 0.909 bits per heavy atom. The van der Waals surface area contributed by atoms with Crippen LogP contribution in [0.5, 0.6) is 0 Å². The maximum absolute atomic E-state index is 12.0. The summed E-state index contributed by atoms with van der Waals surface area (Å²) >= 11 is 5.79. The van der Waals surface area contributed by atoms with Crippen LogP contribution in [0.2, 0.25) is 5.02 Å². The Labute approximate surface area is 133 Å². The highest BCUT2D eigenvalue weighted by Crippen LogP contribution is 2.11. The Bertz CT molecular complexity index is 694. The van der Waals surface area contributed by atoms with E-state index in [4.69, 9.17) is 11.6 Å². The van der Waals surface area contributed by atoms with E-state index in [0.29, 0.717) is 16.3 Å². The maximum Gasteiger partial charge on any atom is 0.269 e. The monoisotopic (exact) mass is 314 g/mol. The molecule has 0 aromatic heterocycles. The van der Waals surface area contributed by atoms with Gasteiger partial charge in [-0.2, -0.15) is 0 Å². The first kappa shape index (κ1) is 15.8. The summed E-state index contributed by atoms with van der Waals surface area (Å²) in [6.07, 6.45) is 1.43. The van der Waals surface area contributed by atoms with Crippen molar-refractivity contribution in [3.8, 4) is 0 Å². The van der Waals surface area contributed by atoms with Crippen LogP contribution in [0.4, 0.5) is 0 Å². The largest absolute Gasteiger partial charge is 0.298 e. The van der Waals surface area contributed by atoms with E-state index in [2.05, 4.69) is 10.9 Å². The third kappa shape index (κ3) is 4.46. The molecule has 0 aliphatic heterocycles. The minimum Gasteiger partial charge on any atom is -0.298 e. The van der Waals surface area contributed by atoms with Gasteiger partial charge in [-0.15, -0.1) is 0 Å². The first-order valence-electron chi connectivity index (χ1n) is 6.66. The molecular weight excluding hydrogens is 300 g/mol. The van der Waals surface area contributed by atoms with Crippen LogP contribution in [-0.2, 0) is 4.79 Å². The molecule has 0 aliphatic rings. The molecule has 0 aliphatic carbocycles. The van der Waals surface area contributed by atoms with Crippen molar-refractivity contribution in [1.82, 2.24) is 10.9 Å². The van der Waals surface area contributed by atoms with E-state index in [1.807, 2.05) is 30.3 Å². The summed E-state index contributed by atoms with van der Waals surface area (Å²) in [7, 11) is 0. The van der Waals surface area contributed by atoms with E-state index in [-0.39, 0.29) is 11.7 Å². The average Bonchev–Trinajstić information content (AvgIpc) is 2.52. The number of benzene rings is 2. The summed E-state index contributed by atoms with van der Waals surface area (Å²) < 4.78 is 0. The SMILES string of the molecule is CC(=O)/C=C(/NNC(=O)c1ccc(Cl)cc1)c1ccccc1. The molecule has 0 radical (unpaired) electrons. The van der Waals surface area contributed by atoms with E-state index < -0.39 is 0 Å². The number of halogens is 1. The zero-order valence-corrected chi connectivity index (χ0v) is 12.7. The van der Waals surface area contributed by atoms with Crippen molar-refractivity contribution < 1.29 is 9.59 Å². The number of hydrogen-bond donors (Lipinski definition) is 2. The van der Waals surface area contributed by atoms with Gasteiger partial charge in [0.15, 0.2) is 5.78 Å². The summed E-state index contributed by atoms with van der Waals surface area (Å²) in [5, 5.41) is 0.561. The molecule has 0 atom stereocenters. The fourth-order valence-electron chi connectivity index (χ4n) is 1.81. The van der Waals surface area contributed by atoms with Gasteiger partial charge in [0.1, 0.15) is 0 Å². The Balaban J connectivity index is 2.10. The molecular formula is C17H15ClN2O2. The molecule has 112 valence electrons. The molecule has 0 saturated heterocycles. The second-order valence-electron chi connectivity index (χ2n) is 4.62. The van der Waals surface area contributed by atoms with Crippen LogP contribution >= 0.6 is 11.6 Å². The van der Waals surface area contributed by atoms with Gasteiger partial charge in [-0.1, -0.05) is 41.9 Å². The lowest BCUT2D eigenvalue weighted by Gasteiger charge is -2.12. The van der Waals surface area contributed by atoms with E-state index in [0.717, 1.165) is 5.56 Å². The van der Waals surface area contributed by atoms with Crippen molar-refractivity contribution in [3.05, 3.63) is 76.8 Å². The number of allylic oxidation sites excluding steroid dienone is 1. The molecule has 2 aromatic rings.